The number of hydrogen-bond donors (Lipinski definition) is 0. The second-order valence-corrected chi connectivity index (χ2v) is 7.32. The average molecular weight is 399 g/mol. The summed E-state index contributed by atoms with van der Waals surface area (Å²) in [6.07, 6.45) is 4.77. The van der Waals surface area contributed by atoms with Crippen LogP contribution < -0.4 is 4.90 Å². The topological polar surface area (TPSA) is 46.1 Å². The molecule has 0 radical (unpaired) electrons. The fourth-order valence-electron chi connectivity index (χ4n) is 2.22. The van der Waals surface area contributed by atoms with Gasteiger partial charge in [0.2, 0.25) is 5.91 Å². The predicted octanol–water partition coefficient (Wildman–Crippen LogP) is 4.16. The van der Waals surface area contributed by atoms with E-state index in [4.69, 9.17) is 6.42 Å². The van der Waals surface area contributed by atoms with Crippen LogP contribution in [0.15, 0.2) is 24.5 Å². The van der Waals surface area contributed by atoms with Gasteiger partial charge in [-0.3, -0.25) is 14.7 Å². The number of carbonyl (C=O) groups is 1. The molecule has 0 bridgehead atoms. The van der Waals surface area contributed by atoms with E-state index < -0.39 is 23.8 Å². The lowest BCUT2D eigenvalue weighted by Gasteiger charge is -2.23. The molecule has 0 aliphatic rings. The Hall–Kier alpha value is -2.05. The van der Waals surface area contributed by atoms with Crippen molar-refractivity contribution in [2.75, 3.05) is 17.7 Å². The Morgan fingerprint density at radius 3 is 2.77 bits per heavy atom. The first-order chi connectivity index (χ1) is 12.3. The number of hydrogen-bond acceptors (Lipinski definition) is 5. The summed E-state index contributed by atoms with van der Waals surface area (Å²) < 4.78 is 39.0. The Kier molecular flexibility index (Phi) is 6.67. The summed E-state index contributed by atoms with van der Waals surface area (Å²) in [5.41, 5.74) is 1.29. The van der Waals surface area contributed by atoms with Gasteiger partial charge in [0.15, 0.2) is 0 Å². The van der Waals surface area contributed by atoms with Crippen LogP contribution in [0.1, 0.15) is 12.1 Å². The zero-order chi connectivity index (χ0) is 19.3. The molecule has 1 amide bonds. The van der Waals surface area contributed by atoms with E-state index >= 15 is 0 Å². The lowest BCUT2D eigenvalue weighted by atomic mass is 10.2. The second kappa shape index (κ2) is 8.56. The molecule has 138 valence electrons. The standard InChI is InChI=1S/C17H16F3N3OS2/c1-4-8-23(14(24)9-13(25-3)17(18,19)20)16-11(2)22-15(26-16)12-6-5-7-21-10-12/h1,5-7,10,13H,8-9H2,2-3H3. The number of amides is 1. The fraction of sp³-hybridized carbons (Fsp3) is 0.353. The molecule has 4 nitrogen and oxygen atoms in total. The van der Waals surface area contributed by atoms with Gasteiger partial charge in [-0.2, -0.15) is 24.9 Å². The van der Waals surface area contributed by atoms with Crippen LogP contribution in [-0.2, 0) is 4.79 Å². The van der Waals surface area contributed by atoms with Crippen molar-refractivity contribution in [1.29, 1.82) is 0 Å². The summed E-state index contributed by atoms with van der Waals surface area (Å²) in [6.45, 7) is 1.58. The van der Waals surface area contributed by atoms with E-state index in [0.717, 1.165) is 5.56 Å². The zero-order valence-corrected chi connectivity index (χ0v) is 15.7. The molecule has 1 unspecified atom stereocenters. The number of nitrogens with zero attached hydrogens (tertiary/aromatic N) is 3. The van der Waals surface area contributed by atoms with Gasteiger partial charge < -0.3 is 0 Å². The maximum Gasteiger partial charge on any atom is 0.401 e. The van der Waals surface area contributed by atoms with Crippen LogP contribution in [0.2, 0.25) is 0 Å². The van der Waals surface area contributed by atoms with Gasteiger partial charge in [0.1, 0.15) is 15.3 Å². The van der Waals surface area contributed by atoms with Crippen molar-refractivity contribution >= 4 is 34.0 Å². The van der Waals surface area contributed by atoms with Crippen molar-refractivity contribution < 1.29 is 18.0 Å². The minimum Gasteiger partial charge on any atom is -0.290 e. The van der Waals surface area contributed by atoms with Gasteiger partial charge in [-0.15, -0.1) is 6.42 Å². The number of anilines is 1. The number of pyridine rings is 1. The third kappa shape index (κ3) is 4.77. The molecule has 9 heteroatoms. The number of rotatable bonds is 6. The fourth-order valence-corrected chi connectivity index (χ4v) is 3.87. The number of thioether (sulfide) groups is 1. The molecular formula is C17H16F3N3OS2. The van der Waals surface area contributed by atoms with Crippen molar-refractivity contribution in [3.8, 4) is 22.9 Å². The minimum absolute atomic E-state index is 0.118. The SMILES string of the molecule is C#CCN(C(=O)CC(SC)C(F)(F)F)c1sc(-c2cccnc2)nc1C. The summed E-state index contributed by atoms with van der Waals surface area (Å²) in [7, 11) is 0. The number of halogens is 3. The van der Waals surface area contributed by atoms with Crippen molar-refractivity contribution in [3.05, 3.63) is 30.2 Å². The first-order valence-corrected chi connectivity index (χ1v) is 9.59. The lowest BCUT2D eigenvalue weighted by molar-refractivity contribution is -0.138. The number of aryl methyl sites for hydroxylation is 1. The van der Waals surface area contributed by atoms with Gasteiger partial charge in [-0.05, 0) is 25.3 Å². The number of aromatic nitrogens is 2. The highest BCUT2D eigenvalue weighted by Crippen LogP contribution is 2.36. The molecule has 0 spiro atoms. The third-order valence-electron chi connectivity index (χ3n) is 3.49. The van der Waals surface area contributed by atoms with Gasteiger partial charge in [-0.1, -0.05) is 17.3 Å². The zero-order valence-electron chi connectivity index (χ0n) is 14.1. The van der Waals surface area contributed by atoms with E-state index in [1.807, 2.05) is 6.07 Å². The Labute approximate surface area is 157 Å². The highest BCUT2D eigenvalue weighted by molar-refractivity contribution is 7.99. The molecular weight excluding hydrogens is 383 g/mol. The summed E-state index contributed by atoms with van der Waals surface area (Å²) in [4.78, 5) is 22.2. The van der Waals surface area contributed by atoms with Gasteiger partial charge in [0, 0.05) is 24.4 Å². The van der Waals surface area contributed by atoms with Crippen LogP contribution in [0, 0.1) is 19.3 Å². The molecule has 26 heavy (non-hydrogen) atoms. The van der Waals surface area contributed by atoms with Crippen LogP contribution in [-0.4, -0.2) is 40.1 Å². The van der Waals surface area contributed by atoms with Crippen molar-refractivity contribution in [2.45, 2.75) is 24.8 Å². The van der Waals surface area contributed by atoms with Crippen LogP contribution in [0.3, 0.4) is 0 Å². The highest BCUT2D eigenvalue weighted by atomic mass is 32.2. The number of carbonyl (C=O) groups excluding carboxylic acids is 1. The number of thiazole rings is 1. The molecule has 2 rings (SSSR count). The smallest absolute Gasteiger partial charge is 0.290 e. The summed E-state index contributed by atoms with van der Waals surface area (Å²) in [5, 5.41) is -0.701. The van der Waals surface area contributed by atoms with E-state index in [1.54, 1.807) is 25.4 Å². The van der Waals surface area contributed by atoms with Crippen LogP contribution in [0.25, 0.3) is 10.6 Å². The molecule has 2 aromatic heterocycles. The van der Waals surface area contributed by atoms with Gasteiger partial charge >= 0.3 is 6.18 Å². The second-order valence-electron chi connectivity index (χ2n) is 5.31. The van der Waals surface area contributed by atoms with Gasteiger partial charge in [0.05, 0.1) is 12.2 Å². The molecule has 0 saturated heterocycles. The van der Waals surface area contributed by atoms with E-state index in [-0.39, 0.29) is 6.54 Å². The Balaban J connectivity index is 2.31. The van der Waals surface area contributed by atoms with Crippen molar-refractivity contribution in [2.24, 2.45) is 0 Å². The molecule has 0 N–H and O–H groups in total. The average Bonchev–Trinajstić information content (AvgIpc) is 2.98. The maximum atomic E-state index is 13.0. The molecule has 0 saturated carbocycles. The van der Waals surface area contributed by atoms with Crippen molar-refractivity contribution in [3.63, 3.8) is 0 Å². The van der Waals surface area contributed by atoms with E-state index in [0.29, 0.717) is 27.5 Å². The lowest BCUT2D eigenvalue weighted by Crippen LogP contribution is -2.37. The summed E-state index contributed by atoms with van der Waals surface area (Å²) in [5.74, 6) is 1.66. The number of terminal acetylenes is 1. The first-order valence-electron chi connectivity index (χ1n) is 7.49. The quantitative estimate of drug-likeness (QED) is 0.684. The van der Waals surface area contributed by atoms with E-state index in [2.05, 4.69) is 15.9 Å². The van der Waals surface area contributed by atoms with Crippen LogP contribution >= 0.6 is 23.1 Å². The molecule has 2 heterocycles. The van der Waals surface area contributed by atoms with Crippen molar-refractivity contribution in [1.82, 2.24) is 9.97 Å². The highest BCUT2D eigenvalue weighted by Gasteiger charge is 2.41. The molecule has 0 fully saturated rings. The summed E-state index contributed by atoms with van der Waals surface area (Å²) in [6, 6.07) is 3.57. The third-order valence-corrected chi connectivity index (χ3v) is 5.72. The molecule has 0 aliphatic carbocycles. The molecule has 2 aromatic rings. The number of alkyl halides is 3. The Morgan fingerprint density at radius 1 is 1.50 bits per heavy atom. The van der Waals surface area contributed by atoms with Crippen LogP contribution in [0.5, 0.6) is 0 Å². The Bertz CT molecular complexity index is 800. The minimum atomic E-state index is -4.46. The Morgan fingerprint density at radius 2 is 2.23 bits per heavy atom. The molecule has 0 aliphatic heterocycles. The monoisotopic (exact) mass is 399 g/mol. The molecule has 0 aromatic carbocycles. The van der Waals surface area contributed by atoms with E-state index in [1.165, 1.54) is 22.5 Å². The largest absolute Gasteiger partial charge is 0.401 e. The van der Waals surface area contributed by atoms with Gasteiger partial charge in [-0.25, -0.2) is 4.98 Å². The van der Waals surface area contributed by atoms with Crippen LogP contribution in [0.4, 0.5) is 18.2 Å². The van der Waals surface area contributed by atoms with Gasteiger partial charge in [0.25, 0.3) is 0 Å². The van der Waals surface area contributed by atoms with E-state index in [9.17, 15) is 18.0 Å². The normalized spacial score (nSPS) is 12.5. The molecule has 1 atom stereocenters. The predicted molar refractivity (Wildman–Crippen MR) is 99.2 cm³/mol. The summed E-state index contributed by atoms with van der Waals surface area (Å²) >= 11 is 1.80. The maximum absolute atomic E-state index is 13.0. The first kappa shape index (κ1) is 20.3.